The summed E-state index contributed by atoms with van der Waals surface area (Å²) in [5.41, 5.74) is 1.06. The summed E-state index contributed by atoms with van der Waals surface area (Å²) in [5, 5.41) is 3.13. The van der Waals surface area contributed by atoms with Crippen LogP contribution in [-0.2, 0) is 11.2 Å². The molecule has 0 saturated heterocycles. The van der Waals surface area contributed by atoms with Gasteiger partial charge in [0.2, 0.25) is 5.91 Å². The molecule has 1 aliphatic carbocycles. The predicted octanol–water partition coefficient (Wildman–Crippen LogP) is 3.81. The summed E-state index contributed by atoms with van der Waals surface area (Å²) in [7, 11) is 0. The average molecular weight is 375 g/mol. The van der Waals surface area contributed by atoms with E-state index in [2.05, 4.69) is 37.2 Å². The molecule has 0 bridgehead atoms. The third kappa shape index (κ3) is 4.39. The van der Waals surface area contributed by atoms with Gasteiger partial charge in [-0.3, -0.25) is 4.79 Å². The summed E-state index contributed by atoms with van der Waals surface area (Å²) in [6.45, 7) is 0. The summed E-state index contributed by atoms with van der Waals surface area (Å²) in [5.74, 6) is 0.135. The molecule has 0 unspecified atom stereocenters. The van der Waals surface area contributed by atoms with Crippen LogP contribution in [0, 0.1) is 0 Å². The zero-order chi connectivity index (χ0) is 13.0. The van der Waals surface area contributed by atoms with Crippen LogP contribution in [-0.4, -0.2) is 16.8 Å². The van der Waals surface area contributed by atoms with Gasteiger partial charge >= 0.3 is 0 Å². The highest BCUT2D eigenvalue weighted by Gasteiger charge is 2.20. The zero-order valence-corrected chi connectivity index (χ0v) is 13.3. The van der Waals surface area contributed by atoms with Crippen LogP contribution in [0.25, 0.3) is 0 Å². The quantitative estimate of drug-likeness (QED) is 0.800. The molecule has 1 N–H and O–H groups in total. The van der Waals surface area contributed by atoms with E-state index in [0.29, 0.717) is 17.3 Å². The second kappa shape index (κ2) is 6.71. The highest BCUT2D eigenvalue weighted by Crippen LogP contribution is 2.24. The molecule has 0 aromatic heterocycles. The summed E-state index contributed by atoms with van der Waals surface area (Å²) < 4.78 is 1.04. The van der Waals surface area contributed by atoms with Crippen LogP contribution >= 0.6 is 31.9 Å². The van der Waals surface area contributed by atoms with Gasteiger partial charge in [-0.2, -0.15) is 0 Å². The van der Waals surface area contributed by atoms with Crippen molar-refractivity contribution in [1.82, 2.24) is 5.32 Å². The Labute approximate surface area is 125 Å². The van der Waals surface area contributed by atoms with E-state index >= 15 is 0 Å². The fourth-order valence-electron chi connectivity index (χ4n) is 2.26. The molecular weight excluding hydrogens is 358 g/mol. The number of halogens is 2. The molecule has 0 aliphatic heterocycles. The van der Waals surface area contributed by atoms with Gasteiger partial charge in [-0.05, 0) is 43.4 Å². The molecule has 0 heterocycles. The van der Waals surface area contributed by atoms with Gasteiger partial charge in [0, 0.05) is 15.3 Å². The monoisotopic (exact) mass is 373 g/mol. The molecule has 0 spiro atoms. The minimum Gasteiger partial charge on any atom is -0.353 e. The molecule has 2 nitrogen and oxygen atoms in total. The van der Waals surface area contributed by atoms with Crippen LogP contribution in [0.3, 0.4) is 0 Å². The first kappa shape index (κ1) is 14.1. The second-order valence-corrected chi connectivity index (χ2v) is 7.03. The number of carbonyl (C=O) groups excluding carboxylic acids is 1. The molecule has 0 atom stereocenters. The first-order chi connectivity index (χ1) is 8.63. The van der Waals surface area contributed by atoms with Crippen molar-refractivity contribution in [2.75, 3.05) is 0 Å². The zero-order valence-electron chi connectivity index (χ0n) is 10.2. The van der Waals surface area contributed by atoms with Crippen molar-refractivity contribution in [1.29, 1.82) is 0 Å². The SMILES string of the molecule is O=C(Cc1ccc(Br)cc1)NC1CCC(Br)CC1. The molecule has 4 heteroatoms. The van der Waals surface area contributed by atoms with Crippen LogP contribution in [0.2, 0.25) is 0 Å². The smallest absolute Gasteiger partial charge is 0.224 e. The molecule has 2 rings (SSSR count). The van der Waals surface area contributed by atoms with E-state index in [4.69, 9.17) is 0 Å². The van der Waals surface area contributed by atoms with Crippen molar-refractivity contribution in [3.8, 4) is 0 Å². The Kier molecular flexibility index (Phi) is 5.25. The number of amides is 1. The van der Waals surface area contributed by atoms with Crippen LogP contribution < -0.4 is 5.32 Å². The van der Waals surface area contributed by atoms with Crippen molar-refractivity contribution in [3.63, 3.8) is 0 Å². The van der Waals surface area contributed by atoms with Crippen molar-refractivity contribution < 1.29 is 4.79 Å². The number of rotatable bonds is 3. The van der Waals surface area contributed by atoms with Gasteiger partial charge in [0.05, 0.1) is 6.42 Å². The summed E-state index contributed by atoms with van der Waals surface area (Å²) in [6, 6.07) is 8.27. The van der Waals surface area contributed by atoms with Gasteiger partial charge in [0.25, 0.3) is 0 Å². The summed E-state index contributed by atoms with van der Waals surface area (Å²) in [6.07, 6.45) is 4.96. The first-order valence-electron chi connectivity index (χ1n) is 6.31. The van der Waals surface area contributed by atoms with Gasteiger partial charge in [0.15, 0.2) is 0 Å². The summed E-state index contributed by atoms with van der Waals surface area (Å²) in [4.78, 5) is 12.5. The summed E-state index contributed by atoms with van der Waals surface area (Å²) >= 11 is 7.02. The van der Waals surface area contributed by atoms with Crippen LogP contribution in [0.15, 0.2) is 28.7 Å². The molecule has 1 aromatic carbocycles. The minimum absolute atomic E-state index is 0.135. The Hall–Kier alpha value is -0.350. The molecule has 1 aliphatic rings. The maximum atomic E-state index is 11.9. The third-order valence-corrected chi connectivity index (χ3v) is 4.74. The fraction of sp³-hybridized carbons (Fsp3) is 0.500. The number of hydrogen-bond acceptors (Lipinski definition) is 1. The van der Waals surface area contributed by atoms with E-state index in [1.54, 1.807) is 0 Å². The Morgan fingerprint density at radius 2 is 1.78 bits per heavy atom. The largest absolute Gasteiger partial charge is 0.353 e. The first-order valence-corrected chi connectivity index (χ1v) is 8.02. The van der Waals surface area contributed by atoms with Crippen molar-refractivity contribution in [2.24, 2.45) is 0 Å². The van der Waals surface area contributed by atoms with Gasteiger partial charge in [0.1, 0.15) is 0 Å². The molecule has 98 valence electrons. The highest BCUT2D eigenvalue weighted by atomic mass is 79.9. The topological polar surface area (TPSA) is 29.1 Å². The number of hydrogen-bond donors (Lipinski definition) is 1. The van der Waals surface area contributed by atoms with Gasteiger partial charge in [-0.25, -0.2) is 0 Å². The second-order valence-electron chi connectivity index (χ2n) is 4.82. The number of nitrogens with one attached hydrogen (secondary N) is 1. The standard InChI is InChI=1S/C14H17Br2NO/c15-11-3-1-10(2-4-11)9-14(18)17-13-7-5-12(16)6-8-13/h1-4,12-13H,5-9H2,(H,17,18). The van der Waals surface area contributed by atoms with Gasteiger partial charge in [-0.1, -0.05) is 44.0 Å². The molecular formula is C14H17Br2NO. The van der Waals surface area contributed by atoms with E-state index < -0.39 is 0 Å². The normalized spacial score (nSPS) is 23.7. The van der Waals surface area contributed by atoms with E-state index in [1.807, 2.05) is 24.3 Å². The molecule has 1 amide bonds. The van der Waals surface area contributed by atoms with E-state index in [1.165, 1.54) is 0 Å². The average Bonchev–Trinajstić information content (AvgIpc) is 2.35. The lowest BCUT2D eigenvalue weighted by Crippen LogP contribution is -2.38. The Bertz CT molecular complexity index is 397. The number of alkyl halides is 1. The number of carbonyl (C=O) groups is 1. The Morgan fingerprint density at radius 1 is 1.17 bits per heavy atom. The van der Waals surface area contributed by atoms with E-state index in [-0.39, 0.29) is 5.91 Å². The molecule has 1 fully saturated rings. The van der Waals surface area contributed by atoms with Crippen LogP contribution in [0.5, 0.6) is 0 Å². The highest BCUT2D eigenvalue weighted by molar-refractivity contribution is 9.10. The number of benzene rings is 1. The van der Waals surface area contributed by atoms with E-state index in [0.717, 1.165) is 35.7 Å². The van der Waals surface area contributed by atoms with Crippen LogP contribution in [0.4, 0.5) is 0 Å². The van der Waals surface area contributed by atoms with Crippen molar-refractivity contribution >= 4 is 37.8 Å². The van der Waals surface area contributed by atoms with Crippen LogP contribution in [0.1, 0.15) is 31.2 Å². The lowest BCUT2D eigenvalue weighted by atomic mass is 9.95. The van der Waals surface area contributed by atoms with E-state index in [9.17, 15) is 4.79 Å². The Balaban J connectivity index is 1.80. The van der Waals surface area contributed by atoms with Gasteiger partial charge < -0.3 is 5.32 Å². The third-order valence-electron chi connectivity index (χ3n) is 3.30. The fourth-order valence-corrected chi connectivity index (χ4v) is 3.06. The van der Waals surface area contributed by atoms with Crippen molar-refractivity contribution in [3.05, 3.63) is 34.3 Å². The lowest BCUT2D eigenvalue weighted by Gasteiger charge is -2.26. The molecule has 1 saturated carbocycles. The van der Waals surface area contributed by atoms with Crippen molar-refractivity contribution in [2.45, 2.75) is 43.0 Å². The maximum Gasteiger partial charge on any atom is 0.224 e. The lowest BCUT2D eigenvalue weighted by molar-refractivity contribution is -0.121. The molecule has 0 radical (unpaired) electrons. The Morgan fingerprint density at radius 3 is 2.39 bits per heavy atom. The molecule has 1 aromatic rings. The predicted molar refractivity (Wildman–Crippen MR) is 81.0 cm³/mol. The minimum atomic E-state index is 0.135. The molecule has 18 heavy (non-hydrogen) atoms. The maximum absolute atomic E-state index is 11.9. The van der Waals surface area contributed by atoms with Gasteiger partial charge in [-0.15, -0.1) is 0 Å².